The second kappa shape index (κ2) is 6.43. The third-order valence-electron chi connectivity index (χ3n) is 2.58. The topological polar surface area (TPSA) is 55.1 Å². The fourth-order valence-electron chi connectivity index (χ4n) is 1.54. The molecule has 1 aromatic carbocycles. The lowest BCUT2D eigenvalue weighted by Gasteiger charge is -2.01. The maximum Gasteiger partial charge on any atom is 0.275 e. The van der Waals surface area contributed by atoms with Crippen molar-refractivity contribution in [3.05, 3.63) is 50.7 Å². The molecule has 0 radical (unpaired) electrons. The predicted molar refractivity (Wildman–Crippen MR) is 81.7 cm³/mol. The van der Waals surface area contributed by atoms with Crippen LogP contribution in [-0.4, -0.2) is 5.91 Å². The molecule has 3 nitrogen and oxygen atoms in total. The molecule has 0 unspecified atom stereocenters. The third kappa shape index (κ3) is 3.73. The van der Waals surface area contributed by atoms with Crippen molar-refractivity contribution >= 4 is 40.6 Å². The minimum absolute atomic E-state index is 0.240. The highest BCUT2D eigenvalue weighted by Crippen LogP contribution is 2.29. The normalized spacial score (nSPS) is 10.5. The molecule has 1 heterocycles. The van der Waals surface area contributed by atoms with E-state index in [0.29, 0.717) is 4.88 Å². The van der Waals surface area contributed by atoms with E-state index in [9.17, 15) is 4.79 Å². The summed E-state index contributed by atoms with van der Waals surface area (Å²) in [7, 11) is 0. The Labute approximate surface area is 125 Å². The summed E-state index contributed by atoms with van der Waals surface area (Å²) in [6.45, 7) is 2.01. The fourth-order valence-corrected chi connectivity index (χ4v) is 3.65. The molecule has 6 heteroatoms. The minimum atomic E-state index is -0.240. The van der Waals surface area contributed by atoms with Gasteiger partial charge in [-0.15, -0.1) is 23.1 Å². The molecule has 0 fully saturated rings. The zero-order valence-electron chi connectivity index (χ0n) is 10.3. The molecule has 3 N–H and O–H groups in total. The molecule has 0 aliphatic rings. The van der Waals surface area contributed by atoms with E-state index in [2.05, 4.69) is 5.43 Å². The number of hydrogen-bond acceptors (Lipinski definition) is 4. The van der Waals surface area contributed by atoms with Gasteiger partial charge in [-0.05, 0) is 42.8 Å². The number of thiophene rings is 1. The van der Waals surface area contributed by atoms with Crippen LogP contribution in [0.3, 0.4) is 0 Å². The lowest BCUT2D eigenvalue weighted by molar-refractivity contribution is 0.0957. The van der Waals surface area contributed by atoms with Gasteiger partial charge < -0.3 is 0 Å². The minimum Gasteiger partial charge on any atom is -0.289 e. The first-order valence-corrected chi connectivity index (χ1v) is 7.77. The Kier molecular flexibility index (Phi) is 4.87. The molecule has 0 saturated heterocycles. The summed E-state index contributed by atoms with van der Waals surface area (Å²) in [5, 5.41) is 0.734. The zero-order valence-corrected chi connectivity index (χ0v) is 12.7. The number of nitrogens with two attached hydrogens (primary N) is 1. The first kappa shape index (κ1) is 14.4. The van der Waals surface area contributed by atoms with Gasteiger partial charge in [0.1, 0.15) is 0 Å². The SMILES string of the molecule is Cc1sc(C(=O)NN)cc1CSc1ccc(Cl)cc1. The molecule has 2 rings (SSSR count). The average Bonchev–Trinajstić information content (AvgIpc) is 2.79. The van der Waals surface area contributed by atoms with Gasteiger partial charge in [0.05, 0.1) is 4.88 Å². The Morgan fingerprint density at radius 1 is 1.42 bits per heavy atom. The number of benzene rings is 1. The first-order chi connectivity index (χ1) is 9.10. The number of nitrogens with one attached hydrogen (secondary N) is 1. The van der Waals surface area contributed by atoms with E-state index in [1.807, 2.05) is 37.3 Å². The predicted octanol–water partition coefficient (Wildman–Crippen LogP) is 3.61. The molecule has 100 valence electrons. The molecule has 0 bridgehead atoms. The van der Waals surface area contributed by atoms with Crippen LogP contribution in [0.2, 0.25) is 5.02 Å². The molecular formula is C13H13ClN2OS2. The molecule has 19 heavy (non-hydrogen) atoms. The van der Waals surface area contributed by atoms with Crippen LogP contribution in [0, 0.1) is 6.92 Å². The van der Waals surface area contributed by atoms with E-state index in [-0.39, 0.29) is 5.91 Å². The smallest absolute Gasteiger partial charge is 0.275 e. The molecule has 0 spiro atoms. The summed E-state index contributed by atoms with van der Waals surface area (Å²) in [4.78, 5) is 14.4. The van der Waals surface area contributed by atoms with Crippen molar-refractivity contribution in [3.8, 4) is 0 Å². The van der Waals surface area contributed by atoms with Gasteiger partial charge in [-0.25, -0.2) is 5.84 Å². The fraction of sp³-hybridized carbons (Fsp3) is 0.154. The van der Waals surface area contributed by atoms with E-state index in [0.717, 1.165) is 26.1 Å². The van der Waals surface area contributed by atoms with Crippen molar-refractivity contribution in [2.75, 3.05) is 0 Å². The highest BCUT2D eigenvalue weighted by molar-refractivity contribution is 7.98. The summed E-state index contributed by atoms with van der Waals surface area (Å²) >= 11 is 9.02. The standard InChI is InChI=1S/C13H13ClN2OS2/c1-8-9(6-12(19-8)13(17)16-15)7-18-11-4-2-10(14)3-5-11/h2-6H,7,15H2,1H3,(H,16,17). The Balaban J connectivity index is 2.05. The summed E-state index contributed by atoms with van der Waals surface area (Å²) in [5.41, 5.74) is 3.31. The van der Waals surface area contributed by atoms with Crippen LogP contribution in [0.15, 0.2) is 35.2 Å². The van der Waals surface area contributed by atoms with Gasteiger partial charge in [-0.1, -0.05) is 11.6 Å². The Morgan fingerprint density at radius 3 is 2.74 bits per heavy atom. The van der Waals surface area contributed by atoms with Gasteiger partial charge in [0.25, 0.3) is 5.91 Å². The second-order valence-corrected chi connectivity index (χ2v) is 6.65. The van der Waals surface area contributed by atoms with Crippen molar-refractivity contribution in [2.24, 2.45) is 5.84 Å². The van der Waals surface area contributed by atoms with E-state index in [1.165, 1.54) is 11.3 Å². The van der Waals surface area contributed by atoms with Gasteiger partial charge >= 0.3 is 0 Å². The number of hydrogen-bond donors (Lipinski definition) is 2. The van der Waals surface area contributed by atoms with Gasteiger partial charge in [0.15, 0.2) is 0 Å². The van der Waals surface area contributed by atoms with Gasteiger partial charge in [0.2, 0.25) is 0 Å². The van der Waals surface area contributed by atoms with Crippen molar-refractivity contribution in [1.82, 2.24) is 5.43 Å². The number of carbonyl (C=O) groups is 1. The quantitative estimate of drug-likeness (QED) is 0.392. The Morgan fingerprint density at radius 2 is 2.11 bits per heavy atom. The van der Waals surface area contributed by atoms with E-state index < -0.39 is 0 Å². The summed E-state index contributed by atoms with van der Waals surface area (Å²) in [6, 6.07) is 9.62. The molecule has 0 aliphatic carbocycles. The molecular weight excluding hydrogens is 300 g/mol. The number of nitrogen functional groups attached to an aromatic ring is 1. The van der Waals surface area contributed by atoms with Crippen LogP contribution < -0.4 is 11.3 Å². The van der Waals surface area contributed by atoms with Crippen LogP contribution in [0.4, 0.5) is 0 Å². The van der Waals surface area contributed by atoms with Crippen molar-refractivity contribution in [3.63, 3.8) is 0 Å². The molecule has 0 atom stereocenters. The van der Waals surface area contributed by atoms with Crippen LogP contribution in [0.5, 0.6) is 0 Å². The van der Waals surface area contributed by atoms with Gasteiger partial charge in [-0.2, -0.15) is 0 Å². The maximum atomic E-state index is 11.4. The lowest BCUT2D eigenvalue weighted by Crippen LogP contribution is -2.29. The summed E-state index contributed by atoms with van der Waals surface area (Å²) in [5.74, 6) is 5.71. The number of carbonyl (C=O) groups excluding carboxylic acids is 1. The Bertz CT molecular complexity index is 581. The lowest BCUT2D eigenvalue weighted by atomic mass is 10.3. The van der Waals surface area contributed by atoms with Crippen molar-refractivity contribution in [1.29, 1.82) is 0 Å². The largest absolute Gasteiger partial charge is 0.289 e. The van der Waals surface area contributed by atoms with Gasteiger partial charge in [-0.3, -0.25) is 10.2 Å². The van der Waals surface area contributed by atoms with Crippen LogP contribution >= 0.6 is 34.7 Å². The maximum absolute atomic E-state index is 11.4. The second-order valence-electron chi connectivity index (χ2n) is 3.91. The van der Waals surface area contributed by atoms with Crippen LogP contribution in [0.1, 0.15) is 20.1 Å². The van der Waals surface area contributed by atoms with Crippen LogP contribution in [-0.2, 0) is 5.75 Å². The highest BCUT2D eigenvalue weighted by atomic mass is 35.5. The summed E-state index contributed by atoms with van der Waals surface area (Å²) < 4.78 is 0. The first-order valence-electron chi connectivity index (χ1n) is 5.59. The third-order valence-corrected chi connectivity index (χ3v) is 4.99. The molecule has 1 amide bonds. The zero-order chi connectivity index (χ0) is 13.8. The summed E-state index contributed by atoms with van der Waals surface area (Å²) in [6.07, 6.45) is 0. The van der Waals surface area contributed by atoms with Crippen molar-refractivity contribution < 1.29 is 4.79 Å². The highest BCUT2D eigenvalue weighted by Gasteiger charge is 2.11. The number of aryl methyl sites for hydroxylation is 1. The van der Waals surface area contributed by atoms with Crippen LogP contribution in [0.25, 0.3) is 0 Å². The monoisotopic (exact) mass is 312 g/mol. The van der Waals surface area contributed by atoms with E-state index in [1.54, 1.807) is 11.8 Å². The average molecular weight is 313 g/mol. The molecule has 1 aromatic heterocycles. The van der Waals surface area contributed by atoms with E-state index >= 15 is 0 Å². The van der Waals surface area contributed by atoms with E-state index in [4.69, 9.17) is 17.4 Å². The number of halogens is 1. The molecule has 2 aromatic rings. The van der Waals surface area contributed by atoms with Crippen molar-refractivity contribution in [2.45, 2.75) is 17.6 Å². The number of amides is 1. The number of thioether (sulfide) groups is 1. The Hall–Kier alpha value is -1.01. The number of rotatable bonds is 4. The van der Waals surface area contributed by atoms with Gasteiger partial charge in [0, 0.05) is 20.5 Å². The number of hydrazine groups is 1. The molecule has 0 aliphatic heterocycles. The molecule has 0 saturated carbocycles.